The molecule has 2 aromatic heterocycles. The number of aromatic nitrogens is 1. The Labute approximate surface area is 125 Å². The number of para-hydroxylation sites is 1. The summed E-state index contributed by atoms with van der Waals surface area (Å²) < 4.78 is 0.810. The molecule has 0 atom stereocenters. The maximum Gasteiger partial charge on any atom is 0.266 e. The third-order valence-corrected chi connectivity index (χ3v) is 4.90. The van der Waals surface area contributed by atoms with Crippen LogP contribution in [0.5, 0.6) is 0 Å². The number of rotatable bonds is 1. The van der Waals surface area contributed by atoms with E-state index in [1.54, 1.807) is 11.3 Å². The lowest BCUT2D eigenvalue weighted by Crippen LogP contribution is -2.04. The fourth-order valence-corrected chi connectivity index (χ4v) is 3.99. The Morgan fingerprint density at radius 1 is 0.952 bits per heavy atom. The summed E-state index contributed by atoms with van der Waals surface area (Å²) in [5.41, 5.74) is 3.24. The number of aromatic amines is 1. The van der Waals surface area contributed by atoms with Crippen molar-refractivity contribution in [2.75, 3.05) is 0 Å². The Balaban J connectivity index is 2.26. The summed E-state index contributed by atoms with van der Waals surface area (Å²) in [4.78, 5) is 16.5. The van der Waals surface area contributed by atoms with Gasteiger partial charge in [0.15, 0.2) is 0 Å². The van der Waals surface area contributed by atoms with Crippen molar-refractivity contribution < 1.29 is 0 Å². The van der Waals surface area contributed by atoms with Gasteiger partial charge >= 0.3 is 0 Å². The summed E-state index contributed by atoms with van der Waals surface area (Å²) in [6.07, 6.45) is 0. The molecule has 2 heterocycles. The third kappa shape index (κ3) is 1.82. The minimum absolute atomic E-state index is 0.000943. The lowest BCUT2D eigenvalue weighted by Gasteiger charge is -2.05. The van der Waals surface area contributed by atoms with E-state index in [0.717, 1.165) is 26.6 Å². The third-order valence-electron chi connectivity index (χ3n) is 3.80. The fourth-order valence-electron chi connectivity index (χ4n) is 2.90. The molecule has 0 fully saturated rings. The van der Waals surface area contributed by atoms with Crippen LogP contribution in [0.2, 0.25) is 0 Å². The van der Waals surface area contributed by atoms with Gasteiger partial charge in [0.1, 0.15) is 4.70 Å². The maximum atomic E-state index is 12.3. The quantitative estimate of drug-likeness (QED) is 0.541. The topological polar surface area (TPSA) is 32.9 Å². The highest BCUT2D eigenvalue weighted by Gasteiger charge is 2.16. The second-order valence-electron chi connectivity index (χ2n) is 5.10. The molecule has 0 amide bonds. The van der Waals surface area contributed by atoms with E-state index in [2.05, 4.69) is 30.1 Å². The van der Waals surface area contributed by atoms with Crippen LogP contribution in [0.3, 0.4) is 0 Å². The van der Waals surface area contributed by atoms with E-state index < -0.39 is 0 Å². The van der Waals surface area contributed by atoms with E-state index in [1.807, 2.05) is 36.4 Å². The van der Waals surface area contributed by atoms with E-state index in [0.29, 0.717) is 0 Å². The number of H-pyrrole nitrogens is 1. The molecular formula is C18H13NOS. The number of nitrogens with one attached hydrogen (secondary N) is 1. The van der Waals surface area contributed by atoms with Crippen LogP contribution in [-0.2, 0) is 0 Å². The molecule has 4 rings (SSSR count). The molecule has 0 saturated carbocycles. The smallest absolute Gasteiger partial charge is 0.266 e. The normalized spacial score (nSPS) is 11.3. The summed E-state index contributed by atoms with van der Waals surface area (Å²) in [5.74, 6) is 0. The van der Waals surface area contributed by atoms with Crippen molar-refractivity contribution in [1.29, 1.82) is 0 Å². The molecule has 2 aromatic carbocycles. The first kappa shape index (κ1) is 12.4. The van der Waals surface area contributed by atoms with Crippen LogP contribution in [0.4, 0.5) is 0 Å². The van der Waals surface area contributed by atoms with Crippen molar-refractivity contribution >= 4 is 32.3 Å². The van der Waals surface area contributed by atoms with Crippen molar-refractivity contribution in [2.45, 2.75) is 6.92 Å². The predicted molar refractivity (Wildman–Crippen MR) is 90.1 cm³/mol. The van der Waals surface area contributed by atoms with Crippen LogP contribution in [0, 0.1) is 6.92 Å². The molecule has 0 aliphatic carbocycles. The molecule has 0 bridgehead atoms. The molecule has 0 aliphatic heterocycles. The van der Waals surface area contributed by atoms with E-state index in [1.165, 1.54) is 10.4 Å². The number of hydrogen-bond acceptors (Lipinski definition) is 2. The number of pyridine rings is 1. The van der Waals surface area contributed by atoms with Gasteiger partial charge in [-0.15, -0.1) is 11.3 Å². The summed E-state index contributed by atoms with van der Waals surface area (Å²) >= 11 is 1.57. The Bertz CT molecular complexity index is 1010. The van der Waals surface area contributed by atoms with Gasteiger partial charge in [-0.3, -0.25) is 4.79 Å². The molecule has 0 aliphatic rings. The number of hydrogen-bond donors (Lipinski definition) is 1. The Kier molecular flexibility index (Phi) is 2.69. The first-order chi connectivity index (χ1) is 10.3. The average molecular weight is 291 g/mol. The zero-order valence-electron chi connectivity index (χ0n) is 11.5. The summed E-state index contributed by atoms with van der Waals surface area (Å²) in [5, 5.41) is 2.18. The highest BCUT2D eigenvalue weighted by molar-refractivity contribution is 7.19. The van der Waals surface area contributed by atoms with Gasteiger partial charge in [0.25, 0.3) is 5.56 Å². The molecule has 0 radical (unpaired) electrons. The molecule has 4 aromatic rings. The fraction of sp³-hybridized carbons (Fsp3) is 0.0556. The first-order valence-electron chi connectivity index (χ1n) is 6.85. The molecule has 0 unspecified atom stereocenters. The van der Waals surface area contributed by atoms with Crippen molar-refractivity contribution in [3.63, 3.8) is 0 Å². The number of thiophene rings is 1. The molecule has 21 heavy (non-hydrogen) atoms. The van der Waals surface area contributed by atoms with Crippen LogP contribution in [0.15, 0.2) is 59.4 Å². The van der Waals surface area contributed by atoms with Gasteiger partial charge in [0.2, 0.25) is 0 Å². The van der Waals surface area contributed by atoms with Gasteiger partial charge in [-0.25, -0.2) is 0 Å². The van der Waals surface area contributed by atoms with Gasteiger partial charge in [0.05, 0.1) is 0 Å². The van der Waals surface area contributed by atoms with Crippen molar-refractivity contribution in [1.82, 2.24) is 4.98 Å². The molecule has 102 valence electrons. The lowest BCUT2D eigenvalue weighted by molar-refractivity contribution is 1.36. The number of benzene rings is 2. The van der Waals surface area contributed by atoms with E-state index in [4.69, 9.17) is 0 Å². The van der Waals surface area contributed by atoms with Crippen molar-refractivity contribution in [3.8, 4) is 11.1 Å². The maximum absolute atomic E-state index is 12.3. The first-order valence-corrected chi connectivity index (χ1v) is 7.67. The van der Waals surface area contributed by atoms with Crippen molar-refractivity contribution in [2.24, 2.45) is 0 Å². The average Bonchev–Trinajstić information content (AvgIpc) is 2.86. The minimum atomic E-state index is -0.000943. The van der Waals surface area contributed by atoms with Gasteiger partial charge < -0.3 is 4.98 Å². The standard InChI is InChI=1S/C18H13NOS/c1-11-15(12-7-3-2-4-8-12)16-13-9-5-6-10-14(13)19-18(20)17(16)21-11/h2-10H,1H3,(H,19,20). The molecule has 0 spiro atoms. The number of aryl methyl sites for hydroxylation is 1. The summed E-state index contributed by atoms with van der Waals surface area (Å²) in [7, 11) is 0. The van der Waals surface area contributed by atoms with Crippen LogP contribution in [0.25, 0.3) is 32.1 Å². The van der Waals surface area contributed by atoms with Crippen LogP contribution in [-0.4, -0.2) is 4.98 Å². The highest BCUT2D eigenvalue weighted by atomic mass is 32.1. The van der Waals surface area contributed by atoms with Crippen LogP contribution in [0.1, 0.15) is 4.88 Å². The van der Waals surface area contributed by atoms with Gasteiger partial charge in [-0.2, -0.15) is 0 Å². The SMILES string of the molecule is Cc1sc2c(=O)[nH]c3ccccc3c2c1-c1ccccc1. The van der Waals surface area contributed by atoms with E-state index in [-0.39, 0.29) is 5.56 Å². The Morgan fingerprint density at radius 2 is 1.67 bits per heavy atom. The molecule has 0 saturated heterocycles. The largest absolute Gasteiger partial charge is 0.321 e. The second kappa shape index (κ2) is 4.57. The minimum Gasteiger partial charge on any atom is -0.321 e. The summed E-state index contributed by atoms with van der Waals surface area (Å²) in [6, 6.07) is 18.3. The lowest BCUT2D eigenvalue weighted by atomic mass is 10.00. The highest BCUT2D eigenvalue weighted by Crippen LogP contribution is 2.39. The number of fused-ring (bicyclic) bond motifs is 3. The predicted octanol–water partition coefficient (Wildman–Crippen LogP) is 4.72. The summed E-state index contributed by atoms with van der Waals surface area (Å²) in [6.45, 7) is 2.08. The second-order valence-corrected chi connectivity index (χ2v) is 6.33. The van der Waals surface area contributed by atoms with Crippen LogP contribution >= 0.6 is 11.3 Å². The zero-order valence-corrected chi connectivity index (χ0v) is 12.3. The molecular weight excluding hydrogens is 278 g/mol. The zero-order chi connectivity index (χ0) is 14.4. The molecule has 1 N–H and O–H groups in total. The van der Waals surface area contributed by atoms with Crippen LogP contribution < -0.4 is 5.56 Å². The Morgan fingerprint density at radius 3 is 2.48 bits per heavy atom. The van der Waals surface area contributed by atoms with E-state index >= 15 is 0 Å². The van der Waals surface area contributed by atoms with Gasteiger partial charge in [-0.1, -0.05) is 48.5 Å². The Hall–Kier alpha value is -2.39. The van der Waals surface area contributed by atoms with Gasteiger partial charge in [0, 0.05) is 26.7 Å². The van der Waals surface area contributed by atoms with Crippen molar-refractivity contribution in [3.05, 3.63) is 69.8 Å². The van der Waals surface area contributed by atoms with E-state index in [9.17, 15) is 4.79 Å². The molecule has 3 heteroatoms. The van der Waals surface area contributed by atoms with Gasteiger partial charge in [-0.05, 0) is 18.6 Å². The molecule has 2 nitrogen and oxygen atoms in total. The monoisotopic (exact) mass is 291 g/mol.